The summed E-state index contributed by atoms with van der Waals surface area (Å²) in [7, 11) is 1.58. The van der Waals surface area contributed by atoms with Gasteiger partial charge in [0, 0.05) is 32.5 Å². The summed E-state index contributed by atoms with van der Waals surface area (Å²) in [5.74, 6) is 0.106. The smallest absolute Gasteiger partial charge is 0.343 e. The van der Waals surface area contributed by atoms with Gasteiger partial charge in [0.2, 0.25) is 5.91 Å². The normalized spacial score (nSPS) is 15.9. The lowest BCUT2D eigenvalue weighted by Gasteiger charge is -2.31. The molecule has 0 saturated carbocycles. The number of amides is 1. The van der Waals surface area contributed by atoms with E-state index >= 15 is 0 Å². The van der Waals surface area contributed by atoms with Crippen molar-refractivity contribution in [3.8, 4) is 5.69 Å². The number of likely N-dealkylation sites (tertiary alicyclic amines) is 1. The topological polar surface area (TPSA) is 60.1 Å². The SMILES string of the molecule is Cn1nc(C2CCN(C(=O)CCC(F)(F)F)CC2)n(-c2ccccc2)c1=O. The Morgan fingerprint density at radius 2 is 1.81 bits per heavy atom. The largest absolute Gasteiger partial charge is 0.389 e. The molecule has 0 atom stereocenters. The van der Waals surface area contributed by atoms with Gasteiger partial charge in [-0.2, -0.15) is 18.3 Å². The third-order valence-corrected chi connectivity index (χ3v) is 4.80. The van der Waals surface area contributed by atoms with Gasteiger partial charge in [0.15, 0.2) is 0 Å². The van der Waals surface area contributed by atoms with Gasteiger partial charge in [0.05, 0.1) is 12.1 Å². The summed E-state index contributed by atoms with van der Waals surface area (Å²) in [6, 6.07) is 9.17. The maximum absolute atomic E-state index is 12.5. The molecule has 0 N–H and O–H groups in total. The fraction of sp³-hybridized carbons (Fsp3) is 0.500. The lowest BCUT2D eigenvalue weighted by molar-refractivity contribution is -0.149. The van der Waals surface area contributed by atoms with E-state index in [1.54, 1.807) is 11.6 Å². The second kappa shape index (κ2) is 7.58. The molecule has 9 heteroatoms. The fourth-order valence-electron chi connectivity index (χ4n) is 3.36. The van der Waals surface area contributed by atoms with Crippen molar-refractivity contribution in [3.05, 3.63) is 46.6 Å². The molecule has 0 aliphatic carbocycles. The number of carbonyl (C=O) groups excluding carboxylic acids is 1. The molecule has 0 spiro atoms. The van der Waals surface area contributed by atoms with E-state index in [0.717, 1.165) is 0 Å². The first kappa shape index (κ1) is 19.2. The molecule has 1 aromatic heterocycles. The number of para-hydroxylation sites is 1. The standard InChI is InChI=1S/C18H21F3N4O2/c1-23-17(27)25(14-5-3-2-4-6-14)16(22-23)13-8-11-24(12-9-13)15(26)7-10-18(19,20)21/h2-6,13H,7-12H2,1H3. The van der Waals surface area contributed by atoms with Gasteiger partial charge in [0.25, 0.3) is 0 Å². The van der Waals surface area contributed by atoms with Gasteiger partial charge in [-0.15, -0.1) is 0 Å². The number of benzene rings is 1. The minimum Gasteiger partial charge on any atom is -0.343 e. The third-order valence-electron chi connectivity index (χ3n) is 4.80. The Bertz CT molecular complexity index is 850. The molecule has 0 bridgehead atoms. The average molecular weight is 382 g/mol. The van der Waals surface area contributed by atoms with Crippen molar-refractivity contribution in [2.45, 2.75) is 37.8 Å². The molecule has 1 aliphatic rings. The van der Waals surface area contributed by atoms with Crippen molar-refractivity contribution in [1.82, 2.24) is 19.2 Å². The zero-order valence-electron chi connectivity index (χ0n) is 14.9. The third kappa shape index (κ3) is 4.40. The lowest BCUT2D eigenvalue weighted by Crippen LogP contribution is -2.39. The summed E-state index contributed by atoms with van der Waals surface area (Å²) in [6.07, 6.45) is -4.83. The molecule has 2 aromatic rings. The van der Waals surface area contributed by atoms with Gasteiger partial charge >= 0.3 is 11.9 Å². The summed E-state index contributed by atoms with van der Waals surface area (Å²) in [5.41, 5.74) is 0.467. The minimum absolute atomic E-state index is 0.0363. The van der Waals surface area contributed by atoms with Gasteiger partial charge in [-0.05, 0) is 25.0 Å². The zero-order chi connectivity index (χ0) is 19.6. The number of halogens is 3. The van der Waals surface area contributed by atoms with E-state index in [1.807, 2.05) is 30.3 Å². The molecule has 1 aromatic carbocycles. The molecular formula is C18H21F3N4O2. The molecule has 27 heavy (non-hydrogen) atoms. The minimum atomic E-state index is -4.33. The molecule has 0 unspecified atom stereocenters. The van der Waals surface area contributed by atoms with E-state index < -0.39 is 24.9 Å². The number of aryl methyl sites for hydroxylation is 1. The molecule has 1 amide bonds. The highest BCUT2D eigenvalue weighted by Crippen LogP contribution is 2.29. The highest BCUT2D eigenvalue weighted by atomic mass is 19.4. The monoisotopic (exact) mass is 382 g/mol. The van der Waals surface area contributed by atoms with E-state index in [-0.39, 0.29) is 11.6 Å². The first-order chi connectivity index (χ1) is 12.8. The van der Waals surface area contributed by atoms with Crippen LogP contribution in [0.15, 0.2) is 35.1 Å². The van der Waals surface area contributed by atoms with Crippen LogP contribution < -0.4 is 5.69 Å². The van der Waals surface area contributed by atoms with Crippen LogP contribution in [-0.4, -0.2) is 44.4 Å². The van der Waals surface area contributed by atoms with Gasteiger partial charge < -0.3 is 4.90 Å². The Kier molecular flexibility index (Phi) is 5.38. The van der Waals surface area contributed by atoms with Crippen LogP contribution in [0.5, 0.6) is 0 Å². The Hall–Kier alpha value is -2.58. The highest BCUT2D eigenvalue weighted by Gasteiger charge is 2.32. The zero-order valence-corrected chi connectivity index (χ0v) is 14.9. The lowest BCUT2D eigenvalue weighted by atomic mass is 9.95. The number of carbonyl (C=O) groups is 1. The number of hydrogen-bond donors (Lipinski definition) is 0. The molecule has 3 rings (SSSR count). The van der Waals surface area contributed by atoms with Crippen molar-refractivity contribution in [1.29, 1.82) is 0 Å². The molecule has 0 radical (unpaired) electrons. The summed E-state index contributed by atoms with van der Waals surface area (Å²) in [5, 5.41) is 4.36. The first-order valence-corrected chi connectivity index (χ1v) is 8.82. The predicted octanol–water partition coefficient (Wildman–Crippen LogP) is 2.62. The van der Waals surface area contributed by atoms with Crippen LogP contribution in [-0.2, 0) is 11.8 Å². The molecule has 2 heterocycles. The van der Waals surface area contributed by atoms with Crippen molar-refractivity contribution < 1.29 is 18.0 Å². The predicted molar refractivity (Wildman–Crippen MR) is 92.6 cm³/mol. The van der Waals surface area contributed by atoms with Crippen molar-refractivity contribution in [2.24, 2.45) is 7.05 Å². The highest BCUT2D eigenvalue weighted by molar-refractivity contribution is 5.76. The summed E-state index contributed by atoms with van der Waals surface area (Å²) < 4.78 is 39.7. The molecule has 1 aliphatic heterocycles. The Morgan fingerprint density at radius 1 is 1.19 bits per heavy atom. The van der Waals surface area contributed by atoms with Crippen LogP contribution >= 0.6 is 0 Å². The van der Waals surface area contributed by atoms with Gasteiger partial charge in [-0.1, -0.05) is 18.2 Å². The molecule has 6 nitrogen and oxygen atoms in total. The number of hydrogen-bond acceptors (Lipinski definition) is 3. The van der Waals surface area contributed by atoms with E-state index in [2.05, 4.69) is 5.10 Å². The van der Waals surface area contributed by atoms with E-state index in [9.17, 15) is 22.8 Å². The maximum atomic E-state index is 12.5. The van der Waals surface area contributed by atoms with Crippen molar-refractivity contribution >= 4 is 5.91 Å². The Balaban J connectivity index is 1.71. The molecule has 1 fully saturated rings. The van der Waals surface area contributed by atoms with Gasteiger partial charge in [0.1, 0.15) is 5.82 Å². The first-order valence-electron chi connectivity index (χ1n) is 8.82. The quantitative estimate of drug-likeness (QED) is 0.817. The van der Waals surface area contributed by atoms with Gasteiger partial charge in [-0.3, -0.25) is 4.79 Å². The van der Waals surface area contributed by atoms with Crippen LogP contribution in [0.4, 0.5) is 13.2 Å². The number of alkyl halides is 3. The molecule has 146 valence electrons. The average Bonchev–Trinajstić information content (AvgIpc) is 2.95. The van der Waals surface area contributed by atoms with Crippen LogP contribution in [0.3, 0.4) is 0 Å². The van der Waals surface area contributed by atoms with E-state index in [1.165, 1.54) is 9.58 Å². The van der Waals surface area contributed by atoms with E-state index in [0.29, 0.717) is 37.4 Å². The summed E-state index contributed by atoms with van der Waals surface area (Å²) in [6.45, 7) is 0.724. The number of aromatic nitrogens is 3. The fourth-order valence-corrected chi connectivity index (χ4v) is 3.36. The summed E-state index contributed by atoms with van der Waals surface area (Å²) >= 11 is 0. The van der Waals surface area contributed by atoms with Gasteiger partial charge in [-0.25, -0.2) is 14.0 Å². The molecule has 1 saturated heterocycles. The molecular weight excluding hydrogens is 361 g/mol. The second-order valence-corrected chi connectivity index (χ2v) is 6.71. The summed E-state index contributed by atoms with van der Waals surface area (Å²) in [4.78, 5) is 25.9. The van der Waals surface area contributed by atoms with Crippen LogP contribution in [0.25, 0.3) is 5.69 Å². The second-order valence-electron chi connectivity index (χ2n) is 6.71. The van der Waals surface area contributed by atoms with Crippen LogP contribution in [0, 0.1) is 0 Å². The van der Waals surface area contributed by atoms with E-state index in [4.69, 9.17) is 0 Å². The van der Waals surface area contributed by atoms with Crippen LogP contribution in [0.1, 0.15) is 37.4 Å². The number of rotatable bonds is 4. The van der Waals surface area contributed by atoms with Crippen LogP contribution in [0.2, 0.25) is 0 Å². The maximum Gasteiger partial charge on any atom is 0.389 e. The Labute approximate surface area is 154 Å². The number of piperidine rings is 1. The van der Waals surface area contributed by atoms with Crippen molar-refractivity contribution in [2.75, 3.05) is 13.1 Å². The number of nitrogens with zero attached hydrogens (tertiary/aromatic N) is 4. The van der Waals surface area contributed by atoms with Crippen molar-refractivity contribution in [3.63, 3.8) is 0 Å². The Morgan fingerprint density at radius 3 is 2.41 bits per heavy atom.